The van der Waals surface area contributed by atoms with Crippen molar-refractivity contribution in [2.24, 2.45) is 0 Å². The number of alkyl halides is 3. The van der Waals surface area contributed by atoms with E-state index in [0.717, 1.165) is 17.0 Å². The van der Waals surface area contributed by atoms with Gasteiger partial charge in [0.05, 0.1) is 0 Å². The summed E-state index contributed by atoms with van der Waals surface area (Å²) in [5, 5.41) is 12.8. The predicted octanol–water partition coefficient (Wildman–Crippen LogP) is 4.48. The normalized spacial score (nSPS) is 19.9. The van der Waals surface area contributed by atoms with Crippen molar-refractivity contribution in [2.45, 2.75) is 18.4 Å². The van der Waals surface area contributed by atoms with Crippen LogP contribution in [0.4, 0.5) is 23.7 Å². The van der Waals surface area contributed by atoms with E-state index in [1.165, 1.54) is 18.3 Å². The Morgan fingerprint density at radius 1 is 1.19 bits per heavy atom. The van der Waals surface area contributed by atoms with E-state index in [0.29, 0.717) is 21.7 Å². The predicted molar refractivity (Wildman–Crippen MR) is 103 cm³/mol. The lowest BCUT2D eigenvalue weighted by atomic mass is 9.94. The van der Waals surface area contributed by atoms with Gasteiger partial charge >= 0.3 is 18.4 Å². The molecule has 0 aromatic heterocycles. The van der Waals surface area contributed by atoms with E-state index in [2.05, 4.69) is 10.1 Å². The Morgan fingerprint density at radius 2 is 1.90 bits per heavy atom. The molecule has 1 unspecified atom stereocenters. The highest BCUT2D eigenvalue weighted by molar-refractivity contribution is 6.30. The lowest BCUT2D eigenvalue weighted by Gasteiger charge is -2.35. The number of carboxylic acid groups (broad SMARTS) is 1. The molecular weight excluding hydrogens is 441 g/mol. The summed E-state index contributed by atoms with van der Waals surface area (Å²) in [6, 6.07) is 8.87. The second kappa shape index (κ2) is 7.47. The van der Waals surface area contributed by atoms with Gasteiger partial charge in [-0.25, -0.2) is 9.59 Å². The summed E-state index contributed by atoms with van der Waals surface area (Å²) in [5.74, 6) is -1.62. The summed E-state index contributed by atoms with van der Waals surface area (Å²) in [6.07, 6.45) is -3.35. The summed E-state index contributed by atoms with van der Waals surface area (Å²) in [4.78, 5) is 25.8. The average Bonchev–Trinajstić information content (AvgIpc) is 3.02. The van der Waals surface area contributed by atoms with E-state index in [1.54, 1.807) is 18.2 Å². The molecule has 0 spiro atoms. The Labute approximate surface area is 178 Å². The van der Waals surface area contributed by atoms with Crippen LogP contribution in [0.15, 0.2) is 48.7 Å². The Balaban J connectivity index is 1.56. The van der Waals surface area contributed by atoms with Gasteiger partial charge in [-0.3, -0.25) is 4.90 Å². The maximum atomic E-state index is 12.6. The van der Waals surface area contributed by atoms with Crippen LogP contribution in [0.5, 0.6) is 5.75 Å². The number of nitrogens with zero attached hydrogens (tertiary/aromatic N) is 1. The van der Waals surface area contributed by atoms with Gasteiger partial charge in [0.1, 0.15) is 12.5 Å². The SMILES string of the molecule is O=C(Nc1ccc(OC(F)(F)F)cc1)N1C=C2c3ccc(Cl)cc3CC2(C(=O)O)OC1. The van der Waals surface area contributed by atoms with Crippen LogP contribution in [-0.2, 0) is 16.0 Å². The standard InChI is InChI=1S/C20H14ClF3N2O5/c21-12-1-6-15-11(7-12)8-19(17(27)28)16(15)9-26(10-30-19)18(29)25-13-2-4-14(5-3-13)31-20(22,23)24/h1-7,9H,8,10H2,(H,25,29)(H,27,28). The van der Waals surface area contributed by atoms with Crippen molar-refractivity contribution in [2.75, 3.05) is 12.0 Å². The minimum atomic E-state index is -4.82. The molecule has 0 bridgehead atoms. The zero-order valence-electron chi connectivity index (χ0n) is 15.6. The van der Waals surface area contributed by atoms with E-state index in [9.17, 15) is 27.9 Å². The number of hydrogen-bond donors (Lipinski definition) is 2. The molecule has 2 aromatic carbocycles. The molecule has 0 saturated carbocycles. The van der Waals surface area contributed by atoms with Crippen LogP contribution in [-0.4, -0.2) is 40.7 Å². The van der Waals surface area contributed by atoms with Crippen molar-refractivity contribution in [1.82, 2.24) is 4.90 Å². The Bertz CT molecular complexity index is 1090. The summed E-state index contributed by atoms with van der Waals surface area (Å²) in [7, 11) is 0. The van der Waals surface area contributed by atoms with Gasteiger partial charge in [-0.15, -0.1) is 13.2 Å². The fraction of sp³-hybridized carbons (Fsp3) is 0.200. The number of nitrogens with one attached hydrogen (secondary N) is 1. The first kappa shape index (κ1) is 21.0. The first-order chi connectivity index (χ1) is 14.6. The molecule has 2 aromatic rings. The van der Waals surface area contributed by atoms with Crippen molar-refractivity contribution in [3.63, 3.8) is 0 Å². The van der Waals surface area contributed by atoms with Crippen LogP contribution in [0.25, 0.3) is 5.57 Å². The fourth-order valence-corrected chi connectivity index (χ4v) is 3.73. The monoisotopic (exact) mass is 454 g/mol. The minimum Gasteiger partial charge on any atom is -0.479 e. The van der Waals surface area contributed by atoms with Gasteiger partial charge in [-0.2, -0.15) is 0 Å². The van der Waals surface area contributed by atoms with E-state index in [1.807, 2.05) is 0 Å². The molecule has 31 heavy (non-hydrogen) atoms. The zero-order valence-corrected chi connectivity index (χ0v) is 16.3. The second-order valence-electron chi connectivity index (χ2n) is 6.90. The minimum absolute atomic E-state index is 0.0696. The molecule has 162 valence electrons. The van der Waals surface area contributed by atoms with E-state index in [-0.39, 0.29) is 18.8 Å². The van der Waals surface area contributed by atoms with E-state index < -0.39 is 29.7 Å². The van der Waals surface area contributed by atoms with Gasteiger partial charge in [0.15, 0.2) is 5.60 Å². The number of carbonyl (C=O) groups excluding carboxylic acids is 1. The molecule has 4 rings (SSSR count). The first-order valence-corrected chi connectivity index (χ1v) is 9.27. The molecule has 0 saturated heterocycles. The summed E-state index contributed by atoms with van der Waals surface area (Å²) >= 11 is 6.01. The van der Waals surface area contributed by atoms with Crippen LogP contribution in [0, 0.1) is 0 Å². The summed E-state index contributed by atoms with van der Waals surface area (Å²) in [6.45, 7) is -0.335. The lowest BCUT2D eigenvalue weighted by Crippen LogP contribution is -2.49. The van der Waals surface area contributed by atoms with Crippen LogP contribution in [0.3, 0.4) is 0 Å². The zero-order chi connectivity index (χ0) is 22.4. The number of hydrogen-bond acceptors (Lipinski definition) is 4. The van der Waals surface area contributed by atoms with Gasteiger partial charge < -0.3 is 19.9 Å². The molecule has 1 aliphatic carbocycles. The Kier molecular flexibility index (Phi) is 5.06. The van der Waals surface area contributed by atoms with E-state index >= 15 is 0 Å². The van der Waals surface area contributed by atoms with Crippen molar-refractivity contribution in [1.29, 1.82) is 0 Å². The molecule has 1 aliphatic heterocycles. The average molecular weight is 455 g/mol. The third kappa shape index (κ3) is 4.04. The first-order valence-electron chi connectivity index (χ1n) is 8.89. The Hall–Kier alpha value is -3.24. The number of ether oxygens (including phenoxy) is 2. The fourth-order valence-electron chi connectivity index (χ4n) is 3.53. The smallest absolute Gasteiger partial charge is 0.479 e. The number of urea groups is 1. The molecule has 11 heteroatoms. The number of amides is 2. The number of carbonyl (C=O) groups is 2. The van der Waals surface area contributed by atoms with Crippen LogP contribution < -0.4 is 10.1 Å². The molecule has 2 amide bonds. The van der Waals surface area contributed by atoms with Gasteiger partial charge in [-0.1, -0.05) is 17.7 Å². The molecule has 2 N–H and O–H groups in total. The lowest BCUT2D eigenvalue weighted by molar-refractivity contribution is -0.274. The summed E-state index contributed by atoms with van der Waals surface area (Å²) in [5.41, 5.74) is 0.190. The molecule has 1 heterocycles. The van der Waals surface area contributed by atoms with Crippen molar-refractivity contribution in [3.8, 4) is 5.75 Å². The third-order valence-electron chi connectivity index (χ3n) is 4.91. The number of rotatable bonds is 3. The maximum Gasteiger partial charge on any atom is 0.573 e. The molecule has 0 radical (unpaired) electrons. The number of anilines is 1. The molecule has 2 aliphatic rings. The highest BCUT2D eigenvalue weighted by Gasteiger charge is 2.52. The van der Waals surface area contributed by atoms with Crippen molar-refractivity contribution >= 4 is 34.9 Å². The number of halogens is 4. The highest BCUT2D eigenvalue weighted by Crippen LogP contribution is 2.46. The topological polar surface area (TPSA) is 88.1 Å². The number of fused-ring (bicyclic) bond motifs is 3. The van der Waals surface area contributed by atoms with Gasteiger partial charge in [0.25, 0.3) is 0 Å². The number of carboxylic acids is 1. The number of aliphatic carboxylic acids is 1. The molecule has 1 atom stereocenters. The Morgan fingerprint density at radius 3 is 2.55 bits per heavy atom. The molecule has 0 fully saturated rings. The number of benzene rings is 2. The second-order valence-corrected chi connectivity index (χ2v) is 7.34. The molecular formula is C20H14ClF3N2O5. The third-order valence-corrected chi connectivity index (χ3v) is 5.15. The van der Waals surface area contributed by atoms with Crippen molar-refractivity contribution < 1.29 is 37.3 Å². The largest absolute Gasteiger partial charge is 0.573 e. The van der Waals surface area contributed by atoms with E-state index in [4.69, 9.17) is 16.3 Å². The van der Waals surface area contributed by atoms with Crippen LogP contribution in [0.2, 0.25) is 5.02 Å². The quantitative estimate of drug-likeness (QED) is 0.714. The van der Waals surface area contributed by atoms with Crippen LogP contribution >= 0.6 is 11.6 Å². The maximum absolute atomic E-state index is 12.6. The molecule has 7 nitrogen and oxygen atoms in total. The highest BCUT2D eigenvalue weighted by atomic mass is 35.5. The van der Waals surface area contributed by atoms with Crippen LogP contribution in [0.1, 0.15) is 11.1 Å². The van der Waals surface area contributed by atoms with Gasteiger partial charge in [-0.05, 0) is 47.5 Å². The summed E-state index contributed by atoms with van der Waals surface area (Å²) < 4.78 is 46.2. The van der Waals surface area contributed by atoms with Gasteiger partial charge in [0.2, 0.25) is 0 Å². The van der Waals surface area contributed by atoms with Gasteiger partial charge in [0, 0.05) is 28.9 Å². The van der Waals surface area contributed by atoms with Crippen molar-refractivity contribution in [3.05, 3.63) is 64.8 Å².